The minimum Gasteiger partial charge on any atom is -0.502 e. The molecule has 25 heavy (non-hydrogen) atoms. The number of Topliss-reactive ketones (excluding diaryl/α,β-unsaturated/α-hetero) is 1. The van der Waals surface area contributed by atoms with Gasteiger partial charge in [0, 0.05) is 23.6 Å². The van der Waals surface area contributed by atoms with Crippen LogP contribution in [0.2, 0.25) is 0 Å². The summed E-state index contributed by atoms with van der Waals surface area (Å²) in [6.07, 6.45) is 1.98. The second-order valence-electron chi connectivity index (χ2n) is 5.55. The van der Waals surface area contributed by atoms with Crippen LogP contribution in [0.3, 0.4) is 0 Å². The monoisotopic (exact) mass is 341 g/mol. The molecule has 0 aliphatic heterocycles. The number of ether oxygens (including phenoxy) is 2. The van der Waals surface area contributed by atoms with Gasteiger partial charge < -0.3 is 14.6 Å². The average Bonchev–Trinajstić information content (AvgIpc) is 2.90. The molecule has 3 rings (SSSR count). The molecule has 128 valence electrons. The maximum Gasteiger partial charge on any atom is 0.311 e. The first-order chi connectivity index (χ1) is 11.9. The Labute approximate surface area is 143 Å². The fourth-order valence-corrected chi connectivity index (χ4v) is 2.83. The standard InChI is InChI=1S/C18H15NO6/c1-24-16-8-11-7-12(18(21)13(11)9-17(16)25-2)5-10-3-4-15(20)14(6-10)19(22)23/h3-6,8-9,20H,7H2,1-2H3. The van der Waals surface area contributed by atoms with Gasteiger partial charge in [-0.05, 0) is 35.4 Å². The second kappa shape index (κ2) is 6.27. The zero-order valence-corrected chi connectivity index (χ0v) is 13.6. The molecule has 0 fully saturated rings. The van der Waals surface area contributed by atoms with Gasteiger partial charge in [-0.2, -0.15) is 0 Å². The number of hydrogen-bond acceptors (Lipinski definition) is 6. The molecule has 7 heteroatoms. The summed E-state index contributed by atoms with van der Waals surface area (Å²) >= 11 is 0. The van der Waals surface area contributed by atoms with Crippen LogP contribution in [0.4, 0.5) is 5.69 Å². The lowest BCUT2D eigenvalue weighted by Gasteiger charge is -2.08. The number of phenolic OH excluding ortho intramolecular Hbond substituents is 1. The molecule has 1 N–H and O–H groups in total. The van der Waals surface area contributed by atoms with Gasteiger partial charge in [-0.25, -0.2) is 0 Å². The maximum absolute atomic E-state index is 12.6. The van der Waals surface area contributed by atoms with E-state index in [2.05, 4.69) is 0 Å². The molecule has 7 nitrogen and oxygen atoms in total. The number of rotatable bonds is 4. The summed E-state index contributed by atoms with van der Waals surface area (Å²) in [5.74, 6) is 0.432. The molecule has 2 aromatic carbocycles. The van der Waals surface area contributed by atoms with Gasteiger partial charge in [0.05, 0.1) is 19.1 Å². The number of nitrogens with zero attached hydrogens (tertiary/aromatic N) is 1. The molecule has 0 amide bonds. The molecule has 1 aliphatic rings. The summed E-state index contributed by atoms with van der Waals surface area (Å²) < 4.78 is 10.5. The SMILES string of the molecule is COc1cc2c(cc1OC)C(=O)C(=Cc1ccc(O)c([N+](=O)[O-])c1)C2. The number of nitro benzene ring substituents is 1. The van der Waals surface area contributed by atoms with Crippen LogP contribution >= 0.6 is 0 Å². The molecule has 0 unspecified atom stereocenters. The Bertz CT molecular complexity index is 916. The van der Waals surface area contributed by atoms with Crippen molar-refractivity contribution in [3.05, 3.63) is 62.7 Å². The zero-order valence-electron chi connectivity index (χ0n) is 13.6. The zero-order chi connectivity index (χ0) is 18.1. The van der Waals surface area contributed by atoms with Crippen LogP contribution < -0.4 is 9.47 Å². The second-order valence-corrected chi connectivity index (χ2v) is 5.55. The highest BCUT2D eigenvalue weighted by atomic mass is 16.6. The molecule has 0 bridgehead atoms. The van der Waals surface area contributed by atoms with Gasteiger partial charge in [-0.1, -0.05) is 6.07 Å². The Kier molecular flexibility index (Phi) is 4.14. The molecule has 0 saturated heterocycles. The Hall–Kier alpha value is -3.35. The van der Waals surface area contributed by atoms with Gasteiger partial charge in [0.2, 0.25) is 0 Å². The van der Waals surface area contributed by atoms with E-state index in [4.69, 9.17) is 9.47 Å². The van der Waals surface area contributed by atoms with E-state index in [1.807, 2.05) is 0 Å². The minimum absolute atomic E-state index is 0.160. The van der Waals surface area contributed by atoms with Crippen LogP contribution in [-0.4, -0.2) is 30.0 Å². The van der Waals surface area contributed by atoms with Crippen molar-refractivity contribution < 1.29 is 24.3 Å². The van der Waals surface area contributed by atoms with Gasteiger partial charge in [-0.3, -0.25) is 14.9 Å². The van der Waals surface area contributed by atoms with Gasteiger partial charge in [-0.15, -0.1) is 0 Å². The summed E-state index contributed by atoms with van der Waals surface area (Å²) in [6.45, 7) is 0. The van der Waals surface area contributed by atoms with E-state index in [1.165, 1.54) is 32.4 Å². The summed E-state index contributed by atoms with van der Waals surface area (Å²) in [5.41, 5.74) is 1.91. The first-order valence-corrected chi connectivity index (χ1v) is 7.42. The van der Waals surface area contributed by atoms with Crippen LogP contribution in [0.1, 0.15) is 21.5 Å². The van der Waals surface area contributed by atoms with E-state index in [1.54, 1.807) is 18.2 Å². The number of benzene rings is 2. The minimum atomic E-state index is -0.668. The lowest BCUT2D eigenvalue weighted by Crippen LogP contribution is -1.97. The Balaban J connectivity index is 2.00. The highest BCUT2D eigenvalue weighted by Crippen LogP contribution is 2.37. The van der Waals surface area contributed by atoms with E-state index in [0.29, 0.717) is 34.6 Å². The van der Waals surface area contributed by atoms with E-state index < -0.39 is 16.4 Å². The molecule has 0 saturated carbocycles. The van der Waals surface area contributed by atoms with Gasteiger partial charge in [0.25, 0.3) is 0 Å². The van der Waals surface area contributed by atoms with Gasteiger partial charge in [0.15, 0.2) is 23.0 Å². The number of allylic oxidation sites excluding steroid dienone is 1. The Morgan fingerprint density at radius 2 is 1.84 bits per heavy atom. The Morgan fingerprint density at radius 1 is 1.16 bits per heavy atom. The van der Waals surface area contributed by atoms with Crippen LogP contribution in [0.25, 0.3) is 6.08 Å². The van der Waals surface area contributed by atoms with E-state index in [0.717, 1.165) is 5.56 Å². The predicted octanol–water partition coefficient (Wildman–Crippen LogP) is 3.14. The summed E-state index contributed by atoms with van der Waals surface area (Å²) in [6, 6.07) is 7.39. The fourth-order valence-electron chi connectivity index (χ4n) is 2.83. The molecule has 0 aromatic heterocycles. The molecular weight excluding hydrogens is 326 g/mol. The number of phenols is 1. The van der Waals surface area contributed by atoms with Gasteiger partial charge in [0.1, 0.15) is 0 Å². The van der Waals surface area contributed by atoms with Crippen molar-refractivity contribution in [1.82, 2.24) is 0 Å². The molecule has 1 aliphatic carbocycles. The third-order valence-corrected chi connectivity index (χ3v) is 4.06. The smallest absolute Gasteiger partial charge is 0.311 e. The quantitative estimate of drug-likeness (QED) is 0.521. The Morgan fingerprint density at radius 3 is 2.48 bits per heavy atom. The first-order valence-electron chi connectivity index (χ1n) is 7.42. The van der Waals surface area contributed by atoms with E-state index >= 15 is 0 Å². The van der Waals surface area contributed by atoms with E-state index in [9.17, 15) is 20.0 Å². The molecule has 0 atom stereocenters. The maximum atomic E-state index is 12.6. The van der Waals surface area contributed by atoms with Crippen molar-refractivity contribution in [2.24, 2.45) is 0 Å². The lowest BCUT2D eigenvalue weighted by atomic mass is 10.1. The van der Waals surface area contributed by atoms with Crippen molar-refractivity contribution in [3.8, 4) is 17.2 Å². The van der Waals surface area contributed by atoms with Crippen LogP contribution in [0.5, 0.6) is 17.2 Å². The van der Waals surface area contributed by atoms with Gasteiger partial charge >= 0.3 is 5.69 Å². The first kappa shape index (κ1) is 16.5. The van der Waals surface area contributed by atoms with Crippen molar-refractivity contribution >= 4 is 17.5 Å². The number of ketones is 1. The topological polar surface area (TPSA) is 98.9 Å². The highest BCUT2D eigenvalue weighted by Gasteiger charge is 2.27. The molecular formula is C18H15NO6. The van der Waals surface area contributed by atoms with Crippen molar-refractivity contribution in [1.29, 1.82) is 0 Å². The number of aromatic hydroxyl groups is 1. The van der Waals surface area contributed by atoms with Crippen molar-refractivity contribution in [2.45, 2.75) is 6.42 Å². The number of carbonyl (C=O) groups is 1. The number of fused-ring (bicyclic) bond motifs is 1. The normalized spacial score (nSPS) is 14.5. The van der Waals surface area contributed by atoms with Crippen LogP contribution in [0.15, 0.2) is 35.9 Å². The molecule has 0 radical (unpaired) electrons. The van der Waals surface area contributed by atoms with Crippen molar-refractivity contribution in [3.63, 3.8) is 0 Å². The molecule has 2 aromatic rings. The summed E-state index contributed by atoms with van der Waals surface area (Å²) in [7, 11) is 3.02. The average molecular weight is 341 g/mol. The lowest BCUT2D eigenvalue weighted by molar-refractivity contribution is -0.385. The number of methoxy groups -OCH3 is 2. The predicted molar refractivity (Wildman–Crippen MR) is 90.3 cm³/mol. The summed E-state index contributed by atoms with van der Waals surface area (Å²) in [4.78, 5) is 22.9. The van der Waals surface area contributed by atoms with Crippen LogP contribution in [0, 0.1) is 10.1 Å². The van der Waals surface area contributed by atoms with E-state index in [-0.39, 0.29) is 5.78 Å². The highest BCUT2D eigenvalue weighted by molar-refractivity contribution is 6.16. The molecule has 0 heterocycles. The largest absolute Gasteiger partial charge is 0.502 e. The number of hydrogen-bond donors (Lipinski definition) is 1. The van der Waals surface area contributed by atoms with Crippen molar-refractivity contribution in [2.75, 3.05) is 14.2 Å². The van der Waals surface area contributed by atoms with Crippen LogP contribution in [-0.2, 0) is 6.42 Å². The third kappa shape index (κ3) is 2.91. The summed E-state index contributed by atoms with van der Waals surface area (Å²) in [5, 5.41) is 20.4. The molecule has 0 spiro atoms. The number of carbonyl (C=O) groups excluding carboxylic acids is 1. The fraction of sp³-hybridized carbons (Fsp3) is 0.167. The third-order valence-electron chi connectivity index (χ3n) is 4.06. The number of nitro groups is 1.